The quantitative estimate of drug-likeness (QED) is 0.336. The molecule has 39 heavy (non-hydrogen) atoms. The number of aliphatic carboxylic acids is 1. The minimum Gasteiger partial charge on any atom is -0.494 e. The molecule has 0 aliphatic carbocycles. The second kappa shape index (κ2) is 10.9. The average Bonchev–Trinajstić information content (AvgIpc) is 3.25. The predicted molar refractivity (Wildman–Crippen MR) is 142 cm³/mol. The van der Waals surface area contributed by atoms with Crippen molar-refractivity contribution in [2.75, 3.05) is 31.8 Å². The summed E-state index contributed by atoms with van der Waals surface area (Å²) in [6, 6.07) is 13.0. The van der Waals surface area contributed by atoms with Crippen LogP contribution in [0, 0.1) is 5.82 Å². The van der Waals surface area contributed by atoms with Crippen LogP contribution in [0.2, 0.25) is 5.02 Å². The van der Waals surface area contributed by atoms with Crippen LogP contribution in [-0.2, 0) is 14.6 Å². The Morgan fingerprint density at radius 2 is 1.85 bits per heavy atom. The molecule has 0 saturated carbocycles. The first kappa shape index (κ1) is 27.1. The monoisotopic (exact) mass is 576 g/mol. The number of rotatable bonds is 9. The van der Waals surface area contributed by atoms with Gasteiger partial charge >= 0.3 is 5.97 Å². The summed E-state index contributed by atoms with van der Waals surface area (Å²) < 4.78 is 60.8. The zero-order chi connectivity index (χ0) is 27.7. The Morgan fingerprint density at radius 3 is 2.59 bits per heavy atom. The van der Waals surface area contributed by atoms with Crippen LogP contribution in [0.15, 0.2) is 48.5 Å². The van der Waals surface area contributed by atoms with Crippen molar-refractivity contribution >= 4 is 27.4 Å². The standard InChI is InChI=1S/C28H26ClFO8S/c1-39(33,34)8-2-7-35-18-4-5-19(22(29)11-18)21-9-16(3-6-23(21)30)27-15-37-25-12-20-17(10-28(31)32)14-36-24(20)13-26(25)38-27/h3-6,9,11-13,17,27H,2,7-8,10,14-15H2,1H3,(H,31,32)/t17-,27?/m1/s1. The number of carboxylic acid groups (broad SMARTS) is 1. The van der Waals surface area contributed by atoms with Gasteiger partial charge in [-0.05, 0) is 48.4 Å². The molecule has 2 aliphatic heterocycles. The number of halogens is 2. The Hall–Kier alpha value is -3.50. The van der Waals surface area contributed by atoms with Gasteiger partial charge in [-0.1, -0.05) is 17.7 Å². The van der Waals surface area contributed by atoms with Gasteiger partial charge in [0.15, 0.2) is 17.6 Å². The van der Waals surface area contributed by atoms with Crippen LogP contribution in [0.3, 0.4) is 0 Å². The number of carboxylic acids is 1. The molecule has 5 rings (SSSR count). The molecular weight excluding hydrogens is 551 g/mol. The molecule has 1 N–H and O–H groups in total. The van der Waals surface area contributed by atoms with Crippen LogP contribution in [0.5, 0.6) is 23.0 Å². The Balaban J connectivity index is 1.32. The van der Waals surface area contributed by atoms with Crippen molar-refractivity contribution in [2.45, 2.75) is 24.9 Å². The van der Waals surface area contributed by atoms with Crippen molar-refractivity contribution in [2.24, 2.45) is 0 Å². The minimum atomic E-state index is -3.07. The molecule has 1 unspecified atom stereocenters. The highest BCUT2D eigenvalue weighted by atomic mass is 35.5. The molecule has 3 aromatic rings. The van der Waals surface area contributed by atoms with Crippen LogP contribution < -0.4 is 18.9 Å². The van der Waals surface area contributed by atoms with E-state index in [-0.39, 0.29) is 48.5 Å². The highest BCUT2D eigenvalue weighted by molar-refractivity contribution is 7.90. The van der Waals surface area contributed by atoms with E-state index in [1.807, 2.05) is 0 Å². The number of hydrogen-bond acceptors (Lipinski definition) is 7. The van der Waals surface area contributed by atoms with Crippen molar-refractivity contribution < 1.29 is 41.7 Å². The highest BCUT2D eigenvalue weighted by Crippen LogP contribution is 2.46. The summed E-state index contributed by atoms with van der Waals surface area (Å²) in [4.78, 5) is 11.2. The van der Waals surface area contributed by atoms with Crippen molar-refractivity contribution in [1.29, 1.82) is 0 Å². The minimum absolute atomic E-state index is 0.0228. The van der Waals surface area contributed by atoms with Gasteiger partial charge in [-0.15, -0.1) is 0 Å². The molecule has 2 heterocycles. The smallest absolute Gasteiger partial charge is 0.304 e. The maximum absolute atomic E-state index is 14.9. The summed E-state index contributed by atoms with van der Waals surface area (Å²) in [7, 11) is -3.07. The first-order valence-electron chi connectivity index (χ1n) is 12.3. The number of ether oxygens (including phenoxy) is 4. The molecule has 0 bridgehead atoms. The highest BCUT2D eigenvalue weighted by Gasteiger charge is 2.32. The van der Waals surface area contributed by atoms with Crippen molar-refractivity contribution in [3.8, 4) is 34.1 Å². The second-order valence-corrected chi connectivity index (χ2v) is 12.2. The molecule has 206 valence electrons. The summed E-state index contributed by atoms with van der Waals surface area (Å²) in [5, 5.41) is 9.43. The lowest BCUT2D eigenvalue weighted by atomic mass is 9.97. The van der Waals surface area contributed by atoms with E-state index in [1.165, 1.54) is 12.3 Å². The van der Waals surface area contributed by atoms with E-state index >= 15 is 0 Å². The molecule has 0 radical (unpaired) electrons. The van der Waals surface area contributed by atoms with Crippen LogP contribution in [-0.4, -0.2) is 51.3 Å². The topological polar surface area (TPSA) is 108 Å². The molecule has 11 heteroatoms. The summed E-state index contributed by atoms with van der Waals surface area (Å²) in [5.74, 6) is 0.392. The third kappa shape index (κ3) is 6.23. The lowest BCUT2D eigenvalue weighted by molar-refractivity contribution is -0.137. The SMILES string of the molecule is CS(=O)(=O)CCCOc1ccc(-c2cc(C3COc4cc5c(cc4O3)OC[C@H]5CC(=O)O)ccc2F)c(Cl)c1. The largest absolute Gasteiger partial charge is 0.494 e. The number of carbonyl (C=O) groups is 1. The molecule has 0 spiro atoms. The number of sulfone groups is 1. The summed E-state index contributed by atoms with van der Waals surface area (Å²) >= 11 is 6.47. The first-order chi connectivity index (χ1) is 18.6. The van der Waals surface area contributed by atoms with Crippen molar-refractivity contribution in [3.05, 3.63) is 70.5 Å². The molecule has 0 amide bonds. The van der Waals surface area contributed by atoms with Gasteiger partial charge in [0, 0.05) is 34.9 Å². The maximum Gasteiger partial charge on any atom is 0.304 e. The van der Waals surface area contributed by atoms with Gasteiger partial charge in [-0.2, -0.15) is 0 Å². The van der Waals surface area contributed by atoms with E-state index in [1.54, 1.807) is 42.5 Å². The average molecular weight is 577 g/mol. The molecule has 8 nitrogen and oxygen atoms in total. The second-order valence-electron chi connectivity index (χ2n) is 9.57. The van der Waals surface area contributed by atoms with Crippen LogP contribution in [0.1, 0.15) is 36.0 Å². The van der Waals surface area contributed by atoms with Crippen molar-refractivity contribution in [1.82, 2.24) is 0 Å². The fourth-order valence-electron chi connectivity index (χ4n) is 4.65. The van der Waals surface area contributed by atoms with Gasteiger partial charge in [0.1, 0.15) is 33.8 Å². The zero-order valence-corrected chi connectivity index (χ0v) is 22.6. The fourth-order valence-corrected chi connectivity index (χ4v) is 5.56. The van der Waals surface area contributed by atoms with Gasteiger partial charge in [-0.3, -0.25) is 4.79 Å². The normalized spacial score (nSPS) is 17.8. The van der Waals surface area contributed by atoms with E-state index in [4.69, 9.17) is 35.7 Å². The van der Waals surface area contributed by atoms with E-state index in [9.17, 15) is 17.6 Å². The molecule has 0 saturated heterocycles. The molecule has 2 aliphatic rings. The number of fused-ring (bicyclic) bond motifs is 2. The van der Waals surface area contributed by atoms with Crippen LogP contribution >= 0.6 is 11.6 Å². The predicted octanol–water partition coefficient (Wildman–Crippen LogP) is 5.42. The fraction of sp³-hybridized carbons (Fsp3) is 0.321. The van der Waals surface area contributed by atoms with Gasteiger partial charge in [0.2, 0.25) is 0 Å². The van der Waals surface area contributed by atoms with E-state index in [0.717, 1.165) is 5.56 Å². The first-order valence-corrected chi connectivity index (χ1v) is 14.7. The maximum atomic E-state index is 14.9. The Kier molecular flexibility index (Phi) is 7.59. The number of hydrogen-bond donors (Lipinski definition) is 1. The van der Waals surface area contributed by atoms with Gasteiger partial charge < -0.3 is 24.1 Å². The Morgan fingerprint density at radius 1 is 1.05 bits per heavy atom. The van der Waals surface area contributed by atoms with Crippen molar-refractivity contribution in [3.63, 3.8) is 0 Å². The summed E-state index contributed by atoms with van der Waals surface area (Å²) in [6.07, 6.45) is 0.956. The summed E-state index contributed by atoms with van der Waals surface area (Å²) in [6.45, 7) is 0.664. The van der Waals surface area contributed by atoms with E-state index < -0.39 is 27.7 Å². The lowest BCUT2D eigenvalue weighted by Gasteiger charge is -2.28. The Bertz CT molecular complexity index is 1520. The Labute approximate surface area is 230 Å². The van der Waals surface area contributed by atoms with E-state index in [2.05, 4.69) is 0 Å². The zero-order valence-electron chi connectivity index (χ0n) is 21.0. The molecule has 0 fully saturated rings. The molecule has 2 atom stereocenters. The van der Waals surface area contributed by atoms with Crippen LogP contribution in [0.4, 0.5) is 4.39 Å². The summed E-state index contributed by atoms with van der Waals surface area (Å²) in [5.41, 5.74) is 2.20. The lowest BCUT2D eigenvalue weighted by Crippen LogP contribution is -2.22. The van der Waals surface area contributed by atoms with Gasteiger partial charge in [0.05, 0.1) is 30.4 Å². The van der Waals surface area contributed by atoms with Gasteiger partial charge in [0.25, 0.3) is 0 Å². The number of benzene rings is 3. The third-order valence-corrected chi connectivity index (χ3v) is 7.90. The van der Waals surface area contributed by atoms with Crippen LogP contribution in [0.25, 0.3) is 11.1 Å². The molecule has 3 aromatic carbocycles. The molecule has 0 aromatic heterocycles. The van der Waals surface area contributed by atoms with E-state index in [0.29, 0.717) is 40.5 Å². The molecular formula is C28H26ClFO8S. The third-order valence-electron chi connectivity index (χ3n) is 6.56. The van der Waals surface area contributed by atoms with Gasteiger partial charge in [-0.25, -0.2) is 12.8 Å².